The molecule has 182 valence electrons. The number of hydrogen-bond acceptors (Lipinski definition) is 7. The van der Waals surface area contributed by atoms with Crippen LogP contribution in [0.25, 0.3) is 0 Å². The molecule has 0 saturated carbocycles. The number of allylic oxidation sites excluding steroid dienone is 2. The molecule has 35 heavy (non-hydrogen) atoms. The van der Waals surface area contributed by atoms with Crippen LogP contribution in [0.4, 0.5) is 5.95 Å². The van der Waals surface area contributed by atoms with E-state index in [-0.39, 0.29) is 11.8 Å². The Kier molecular flexibility index (Phi) is 7.15. The Morgan fingerprint density at radius 1 is 1.17 bits per heavy atom. The van der Waals surface area contributed by atoms with Gasteiger partial charge >= 0.3 is 0 Å². The summed E-state index contributed by atoms with van der Waals surface area (Å²) in [6.07, 6.45) is 3.25. The van der Waals surface area contributed by atoms with Crippen LogP contribution in [0.2, 0.25) is 0 Å². The van der Waals surface area contributed by atoms with Crippen LogP contribution in [0.1, 0.15) is 49.8 Å². The van der Waals surface area contributed by atoms with Gasteiger partial charge in [0.05, 0.1) is 7.11 Å². The summed E-state index contributed by atoms with van der Waals surface area (Å²) in [6, 6.07) is 13.5. The minimum atomic E-state index is -0.355. The molecule has 0 spiro atoms. The Morgan fingerprint density at radius 2 is 2.00 bits per heavy atom. The van der Waals surface area contributed by atoms with Crippen LogP contribution in [0.15, 0.2) is 63.4 Å². The van der Waals surface area contributed by atoms with E-state index < -0.39 is 0 Å². The van der Waals surface area contributed by atoms with Gasteiger partial charge in [-0.25, -0.2) is 4.68 Å². The van der Waals surface area contributed by atoms with E-state index in [1.54, 1.807) is 18.9 Å². The maximum absolute atomic E-state index is 13.1. The van der Waals surface area contributed by atoms with E-state index in [9.17, 15) is 4.79 Å². The number of rotatable bonds is 8. The van der Waals surface area contributed by atoms with Gasteiger partial charge in [-0.3, -0.25) is 4.79 Å². The van der Waals surface area contributed by atoms with Crippen molar-refractivity contribution in [3.8, 4) is 11.5 Å². The molecule has 1 aromatic heterocycles. The summed E-state index contributed by atoms with van der Waals surface area (Å²) in [5.41, 5.74) is 3.70. The lowest BCUT2D eigenvalue weighted by atomic mass is 9.85. The van der Waals surface area contributed by atoms with Crippen molar-refractivity contribution in [3.63, 3.8) is 0 Å². The average molecular weight is 555 g/mol. The molecule has 1 aliphatic carbocycles. The predicted octanol–water partition coefficient (Wildman–Crippen LogP) is 6.15. The first-order valence-corrected chi connectivity index (χ1v) is 13.5. The summed E-state index contributed by atoms with van der Waals surface area (Å²) in [4.78, 5) is 17.8. The van der Waals surface area contributed by atoms with Crippen LogP contribution in [0.5, 0.6) is 11.5 Å². The molecule has 2 aromatic carbocycles. The molecule has 3 aromatic rings. The van der Waals surface area contributed by atoms with Crippen LogP contribution in [0, 0.1) is 0 Å². The molecule has 5 rings (SSSR count). The number of methoxy groups -OCH3 is 1. The molecule has 1 N–H and O–H groups in total. The van der Waals surface area contributed by atoms with Gasteiger partial charge < -0.3 is 14.8 Å². The van der Waals surface area contributed by atoms with Gasteiger partial charge in [-0.15, -0.1) is 5.10 Å². The molecule has 2 aliphatic rings. The number of nitrogens with zero attached hydrogens (tertiary/aromatic N) is 3. The fraction of sp³-hybridized carbons (Fsp3) is 0.346. The third-order valence-corrected chi connectivity index (χ3v) is 7.67. The standard InChI is InChI=1S/C26H27BrN4O3S/c1-3-13-35-26-29-25-28-19-5-4-6-20(32)23(19)24(31(25)30-26)17-9-12-21(22(14-17)33-2)34-15-16-7-10-18(27)11-8-16/h7-12,14,24H,3-6,13,15H2,1-2H3,(H,28,29,30). The zero-order valence-corrected chi connectivity index (χ0v) is 22.1. The first kappa shape index (κ1) is 23.9. The summed E-state index contributed by atoms with van der Waals surface area (Å²) >= 11 is 5.08. The third-order valence-electron chi connectivity index (χ3n) is 6.09. The summed E-state index contributed by atoms with van der Waals surface area (Å²) in [5, 5.41) is 8.88. The predicted molar refractivity (Wildman–Crippen MR) is 140 cm³/mol. The number of ketones is 1. The monoisotopic (exact) mass is 554 g/mol. The van der Waals surface area contributed by atoms with Crippen LogP contribution < -0.4 is 14.8 Å². The number of hydrogen-bond donors (Lipinski definition) is 1. The quantitative estimate of drug-likeness (QED) is 0.334. The van der Waals surface area contributed by atoms with Crippen LogP contribution in [0.3, 0.4) is 0 Å². The Morgan fingerprint density at radius 3 is 2.77 bits per heavy atom. The average Bonchev–Trinajstić information content (AvgIpc) is 3.28. The zero-order valence-electron chi connectivity index (χ0n) is 19.7. The summed E-state index contributed by atoms with van der Waals surface area (Å²) in [6.45, 7) is 2.56. The highest BCUT2D eigenvalue weighted by Gasteiger charge is 2.37. The highest BCUT2D eigenvalue weighted by atomic mass is 79.9. The fourth-order valence-electron chi connectivity index (χ4n) is 4.41. The van der Waals surface area contributed by atoms with Crippen molar-refractivity contribution in [1.82, 2.24) is 14.8 Å². The van der Waals surface area contributed by atoms with Crippen LogP contribution in [-0.2, 0) is 11.4 Å². The van der Waals surface area contributed by atoms with E-state index in [1.807, 2.05) is 47.1 Å². The largest absolute Gasteiger partial charge is 0.493 e. The second-order valence-corrected chi connectivity index (χ2v) is 10.5. The minimum Gasteiger partial charge on any atom is -0.493 e. The molecule has 9 heteroatoms. The topological polar surface area (TPSA) is 78.3 Å². The van der Waals surface area contributed by atoms with E-state index in [4.69, 9.17) is 19.6 Å². The highest BCUT2D eigenvalue weighted by molar-refractivity contribution is 9.10. The number of carbonyl (C=O) groups excluding carboxylic acids is 1. The molecule has 2 heterocycles. The first-order valence-electron chi connectivity index (χ1n) is 11.7. The lowest BCUT2D eigenvalue weighted by molar-refractivity contribution is -0.116. The van der Waals surface area contributed by atoms with Gasteiger partial charge in [0.25, 0.3) is 0 Å². The zero-order chi connectivity index (χ0) is 24.4. The molecular weight excluding hydrogens is 528 g/mol. The van der Waals surface area contributed by atoms with Gasteiger partial charge in [0.2, 0.25) is 11.1 Å². The number of Topliss-reactive ketones (excluding diaryl/α,β-unsaturated/α-hetero) is 1. The van der Waals surface area contributed by atoms with Gasteiger partial charge in [-0.05, 0) is 54.7 Å². The van der Waals surface area contributed by atoms with Gasteiger partial charge in [0.1, 0.15) is 12.6 Å². The Hall–Kier alpha value is -2.78. The third kappa shape index (κ3) is 4.97. The van der Waals surface area contributed by atoms with E-state index in [0.29, 0.717) is 35.6 Å². The molecule has 1 atom stereocenters. The fourth-order valence-corrected chi connectivity index (χ4v) is 5.36. The summed E-state index contributed by atoms with van der Waals surface area (Å²) in [7, 11) is 1.63. The lowest BCUT2D eigenvalue weighted by Crippen LogP contribution is -2.31. The van der Waals surface area contributed by atoms with Crippen molar-refractivity contribution in [1.29, 1.82) is 0 Å². The van der Waals surface area contributed by atoms with E-state index in [1.165, 1.54) is 0 Å². The van der Waals surface area contributed by atoms with Crippen molar-refractivity contribution in [2.24, 2.45) is 0 Å². The number of fused-ring (bicyclic) bond motifs is 1. The highest BCUT2D eigenvalue weighted by Crippen LogP contribution is 2.42. The number of ether oxygens (including phenoxy) is 2. The summed E-state index contributed by atoms with van der Waals surface area (Å²) in [5.74, 6) is 3.04. The number of benzene rings is 2. The lowest BCUT2D eigenvalue weighted by Gasteiger charge is -2.32. The van der Waals surface area contributed by atoms with Crippen molar-refractivity contribution in [2.45, 2.75) is 50.4 Å². The van der Waals surface area contributed by atoms with Crippen molar-refractivity contribution in [2.75, 3.05) is 18.2 Å². The van der Waals surface area contributed by atoms with Gasteiger partial charge in [-0.1, -0.05) is 52.8 Å². The van der Waals surface area contributed by atoms with Crippen LogP contribution in [-0.4, -0.2) is 33.4 Å². The summed E-state index contributed by atoms with van der Waals surface area (Å²) < 4.78 is 14.6. The van der Waals surface area contributed by atoms with E-state index >= 15 is 0 Å². The molecule has 0 radical (unpaired) electrons. The molecule has 0 saturated heterocycles. The second-order valence-electron chi connectivity index (χ2n) is 8.53. The van der Waals surface area contributed by atoms with Gasteiger partial charge in [0, 0.05) is 27.9 Å². The van der Waals surface area contributed by atoms with Crippen molar-refractivity contribution in [3.05, 3.63) is 69.3 Å². The van der Waals surface area contributed by atoms with Gasteiger partial charge in [-0.2, -0.15) is 4.98 Å². The molecule has 0 amide bonds. The van der Waals surface area contributed by atoms with Gasteiger partial charge in [0.15, 0.2) is 17.3 Å². The number of thioether (sulfide) groups is 1. The number of nitrogens with one attached hydrogen (secondary N) is 1. The normalized spacial score (nSPS) is 17.0. The Labute approximate surface area is 217 Å². The minimum absolute atomic E-state index is 0.155. The number of aromatic nitrogens is 3. The van der Waals surface area contributed by atoms with Crippen molar-refractivity contribution >= 4 is 39.4 Å². The number of carbonyl (C=O) groups is 1. The first-order chi connectivity index (χ1) is 17.1. The number of anilines is 1. The molecule has 1 aliphatic heterocycles. The molecule has 7 nitrogen and oxygen atoms in total. The Balaban J connectivity index is 1.49. The van der Waals surface area contributed by atoms with Crippen LogP contribution >= 0.6 is 27.7 Å². The Bertz CT molecular complexity index is 1270. The second kappa shape index (κ2) is 10.5. The molecule has 0 bridgehead atoms. The smallest absolute Gasteiger partial charge is 0.227 e. The molecule has 0 fully saturated rings. The van der Waals surface area contributed by atoms with E-state index in [0.717, 1.165) is 51.9 Å². The van der Waals surface area contributed by atoms with E-state index in [2.05, 4.69) is 28.2 Å². The maximum atomic E-state index is 13.1. The SMILES string of the molecule is CCCSc1nc2n(n1)C(c1ccc(OCc3ccc(Br)cc3)c(OC)c1)C1=C(CCCC1=O)N2. The number of halogens is 1. The van der Waals surface area contributed by atoms with Crippen molar-refractivity contribution < 1.29 is 14.3 Å². The molecular formula is C26H27BrN4O3S. The molecule has 1 unspecified atom stereocenters. The maximum Gasteiger partial charge on any atom is 0.227 e.